The first-order valence-corrected chi connectivity index (χ1v) is 9.90. The normalized spacial score (nSPS) is 11.4. The number of rotatable bonds is 10. The molecule has 1 unspecified atom stereocenters. The van der Waals surface area contributed by atoms with Crippen molar-refractivity contribution in [2.24, 2.45) is 0 Å². The molecule has 2 rings (SSSR count). The molecule has 0 aliphatic carbocycles. The van der Waals surface area contributed by atoms with Crippen molar-refractivity contribution in [3.05, 3.63) is 59.7 Å². The number of aryl methyl sites for hydroxylation is 1. The molecule has 0 aliphatic heterocycles. The Morgan fingerprint density at radius 2 is 1.76 bits per heavy atom. The summed E-state index contributed by atoms with van der Waals surface area (Å²) in [4.78, 5) is 26.8. The summed E-state index contributed by atoms with van der Waals surface area (Å²) in [6.45, 7) is 6.30. The molecule has 0 bridgehead atoms. The maximum Gasteiger partial charge on any atom is 0.261 e. The van der Waals surface area contributed by atoms with Crippen LogP contribution in [0.25, 0.3) is 0 Å². The monoisotopic (exact) mass is 398 g/mol. The van der Waals surface area contributed by atoms with Gasteiger partial charge in [0, 0.05) is 13.1 Å². The molecule has 29 heavy (non-hydrogen) atoms. The van der Waals surface area contributed by atoms with Gasteiger partial charge in [0.1, 0.15) is 17.5 Å². The van der Waals surface area contributed by atoms with E-state index >= 15 is 0 Å². The third-order valence-electron chi connectivity index (χ3n) is 4.70. The lowest BCUT2D eigenvalue weighted by Gasteiger charge is -2.28. The van der Waals surface area contributed by atoms with Gasteiger partial charge in [0.05, 0.1) is 7.11 Å². The van der Waals surface area contributed by atoms with Crippen molar-refractivity contribution in [3.8, 4) is 11.5 Å². The number of hydrogen-bond donors (Lipinski definition) is 1. The van der Waals surface area contributed by atoms with E-state index in [1.807, 2.05) is 55.5 Å². The van der Waals surface area contributed by atoms with Crippen LogP contribution in [0.5, 0.6) is 11.5 Å². The molecule has 0 saturated heterocycles. The highest BCUT2D eigenvalue weighted by atomic mass is 16.5. The van der Waals surface area contributed by atoms with E-state index < -0.39 is 6.04 Å². The zero-order valence-corrected chi connectivity index (χ0v) is 17.6. The number of benzene rings is 2. The molecular weight excluding hydrogens is 368 g/mol. The Labute approximate surface area is 172 Å². The SMILES string of the molecule is CCNC(=O)C(C)N(Cc1cccc(OC)c1)C(=O)COc1ccc(CC)cc1. The van der Waals surface area contributed by atoms with E-state index in [0.29, 0.717) is 18.0 Å². The summed E-state index contributed by atoms with van der Waals surface area (Å²) < 4.78 is 10.9. The van der Waals surface area contributed by atoms with Crippen LogP contribution in [0, 0.1) is 0 Å². The van der Waals surface area contributed by atoms with Gasteiger partial charge in [-0.2, -0.15) is 0 Å². The van der Waals surface area contributed by atoms with Gasteiger partial charge in [-0.1, -0.05) is 31.2 Å². The Bertz CT molecular complexity index is 805. The number of hydrogen-bond acceptors (Lipinski definition) is 4. The van der Waals surface area contributed by atoms with E-state index in [0.717, 1.165) is 12.0 Å². The van der Waals surface area contributed by atoms with Gasteiger partial charge in [-0.15, -0.1) is 0 Å². The Hall–Kier alpha value is -3.02. The van der Waals surface area contributed by atoms with Crippen molar-refractivity contribution in [1.29, 1.82) is 0 Å². The molecule has 6 nitrogen and oxygen atoms in total. The number of carbonyl (C=O) groups excluding carboxylic acids is 2. The Kier molecular flexibility index (Phi) is 8.52. The number of nitrogens with one attached hydrogen (secondary N) is 1. The molecule has 0 fully saturated rings. The lowest BCUT2D eigenvalue weighted by Crippen LogP contribution is -2.49. The summed E-state index contributed by atoms with van der Waals surface area (Å²) in [6, 6.07) is 14.5. The largest absolute Gasteiger partial charge is 0.497 e. The number of carbonyl (C=O) groups is 2. The lowest BCUT2D eigenvalue weighted by molar-refractivity contribution is -0.142. The molecule has 1 N–H and O–H groups in total. The standard InChI is InChI=1S/C23H30N2O4/c1-5-18-10-12-20(13-11-18)29-16-22(26)25(17(3)23(27)24-6-2)15-19-8-7-9-21(14-19)28-4/h7-14,17H,5-6,15-16H2,1-4H3,(H,24,27). The highest BCUT2D eigenvalue weighted by molar-refractivity contribution is 5.87. The van der Waals surface area contributed by atoms with Gasteiger partial charge in [0.2, 0.25) is 5.91 Å². The second-order valence-electron chi connectivity index (χ2n) is 6.73. The second kappa shape index (κ2) is 11.1. The molecule has 0 saturated carbocycles. The molecule has 0 aliphatic rings. The topological polar surface area (TPSA) is 67.9 Å². The molecule has 2 aromatic carbocycles. The summed E-state index contributed by atoms with van der Waals surface area (Å²) in [5.74, 6) is 0.873. The quantitative estimate of drug-likeness (QED) is 0.667. The van der Waals surface area contributed by atoms with Crippen LogP contribution in [-0.2, 0) is 22.6 Å². The molecule has 0 aromatic heterocycles. The van der Waals surface area contributed by atoms with E-state index in [-0.39, 0.29) is 25.0 Å². The van der Waals surface area contributed by atoms with Crippen molar-refractivity contribution in [2.75, 3.05) is 20.3 Å². The van der Waals surface area contributed by atoms with E-state index in [1.165, 1.54) is 10.5 Å². The van der Waals surface area contributed by atoms with Gasteiger partial charge < -0.3 is 19.7 Å². The van der Waals surface area contributed by atoms with Crippen LogP contribution in [0.2, 0.25) is 0 Å². The minimum Gasteiger partial charge on any atom is -0.497 e. The lowest BCUT2D eigenvalue weighted by atomic mass is 10.1. The van der Waals surface area contributed by atoms with Crippen molar-refractivity contribution >= 4 is 11.8 Å². The van der Waals surface area contributed by atoms with Crippen molar-refractivity contribution in [2.45, 2.75) is 39.8 Å². The Morgan fingerprint density at radius 1 is 1.03 bits per heavy atom. The first kappa shape index (κ1) is 22.3. The number of likely N-dealkylation sites (N-methyl/N-ethyl adjacent to an activating group) is 1. The molecule has 0 spiro atoms. The highest BCUT2D eigenvalue weighted by Gasteiger charge is 2.26. The van der Waals surface area contributed by atoms with Crippen LogP contribution < -0.4 is 14.8 Å². The molecule has 156 valence electrons. The Balaban J connectivity index is 2.13. The van der Waals surface area contributed by atoms with E-state index in [4.69, 9.17) is 9.47 Å². The zero-order chi connectivity index (χ0) is 21.2. The van der Waals surface area contributed by atoms with Gasteiger partial charge in [0.25, 0.3) is 5.91 Å². The fourth-order valence-corrected chi connectivity index (χ4v) is 2.92. The average molecular weight is 399 g/mol. The summed E-state index contributed by atoms with van der Waals surface area (Å²) in [5.41, 5.74) is 2.08. The predicted octanol–water partition coefficient (Wildman–Crippen LogP) is 3.19. The third kappa shape index (κ3) is 6.52. The van der Waals surface area contributed by atoms with Crippen molar-refractivity contribution < 1.29 is 19.1 Å². The van der Waals surface area contributed by atoms with Crippen LogP contribution in [0.4, 0.5) is 0 Å². The minimum atomic E-state index is -0.625. The molecule has 2 aromatic rings. The van der Waals surface area contributed by atoms with E-state index in [9.17, 15) is 9.59 Å². The van der Waals surface area contributed by atoms with Crippen molar-refractivity contribution in [3.63, 3.8) is 0 Å². The van der Waals surface area contributed by atoms with E-state index in [1.54, 1.807) is 14.0 Å². The fourth-order valence-electron chi connectivity index (χ4n) is 2.92. The predicted molar refractivity (Wildman–Crippen MR) is 113 cm³/mol. The van der Waals surface area contributed by atoms with Crippen LogP contribution in [0.15, 0.2) is 48.5 Å². The summed E-state index contributed by atoms with van der Waals surface area (Å²) in [6.07, 6.45) is 0.942. The van der Waals surface area contributed by atoms with Gasteiger partial charge in [-0.05, 0) is 55.7 Å². The molecule has 2 amide bonds. The molecule has 0 heterocycles. The fraction of sp³-hybridized carbons (Fsp3) is 0.391. The first-order valence-electron chi connectivity index (χ1n) is 9.90. The van der Waals surface area contributed by atoms with Crippen LogP contribution in [-0.4, -0.2) is 43.0 Å². The summed E-state index contributed by atoms with van der Waals surface area (Å²) in [7, 11) is 1.59. The van der Waals surface area contributed by atoms with E-state index in [2.05, 4.69) is 12.2 Å². The average Bonchev–Trinajstić information content (AvgIpc) is 2.76. The smallest absolute Gasteiger partial charge is 0.261 e. The van der Waals surface area contributed by atoms with Gasteiger partial charge >= 0.3 is 0 Å². The molecular formula is C23H30N2O4. The van der Waals surface area contributed by atoms with Crippen LogP contribution >= 0.6 is 0 Å². The van der Waals surface area contributed by atoms with Crippen LogP contribution in [0.1, 0.15) is 31.9 Å². The summed E-state index contributed by atoms with van der Waals surface area (Å²) >= 11 is 0. The van der Waals surface area contributed by atoms with Gasteiger partial charge in [0.15, 0.2) is 6.61 Å². The number of nitrogens with zero attached hydrogens (tertiary/aromatic N) is 1. The number of ether oxygens (including phenoxy) is 2. The van der Waals surface area contributed by atoms with Gasteiger partial charge in [-0.25, -0.2) is 0 Å². The molecule has 6 heteroatoms. The molecule has 0 radical (unpaired) electrons. The maximum absolute atomic E-state index is 12.9. The third-order valence-corrected chi connectivity index (χ3v) is 4.70. The van der Waals surface area contributed by atoms with Crippen molar-refractivity contribution in [1.82, 2.24) is 10.2 Å². The number of methoxy groups -OCH3 is 1. The Morgan fingerprint density at radius 3 is 2.38 bits per heavy atom. The zero-order valence-electron chi connectivity index (χ0n) is 17.6. The highest BCUT2D eigenvalue weighted by Crippen LogP contribution is 2.17. The summed E-state index contributed by atoms with van der Waals surface area (Å²) in [5, 5.41) is 2.78. The molecule has 1 atom stereocenters. The maximum atomic E-state index is 12.9. The van der Waals surface area contributed by atoms with Gasteiger partial charge in [-0.3, -0.25) is 9.59 Å². The minimum absolute atomic E-state index is 0.140. The first-order chi connectivity index (χ1) is 14.0. The second-order valence-corrected chi connectivity index (χ2v) is 6.73. The number of amides is 2. The van der Waals surface area contributed by atoms with Crippen LogP contribution in [0.3, 0.4) is 0 Å².